The summed E-state index contributed by atoms with van der Waals surface area (Å²) in [5, 5.41) is 5.78. The van der Waals surface area contributed by atoms with Gasteiger partial charge in [-0.1, -0.05) is 13.3 Å². The van der Waals surface area contributed by atoms with Crippen LogP contribution in [0, 0.1) is 11.6 Å². The van der Waals surface area contributed by atoms with E-state index in [9.17, 15) is 13.0 Å². The molecule has 20 heavy (non-hydrogen) atoms. The summed E-state index contributed by atoms with van der Waals surface area (Å²) in [5.74, 6) is -1.28. The lowest BCUT2D eigenvalue weighted by molar-refractivity contribution is 0.509. The summed E-state index contributed by atoms with van der Waals surface area (Å²) in [6.45, 7) is 2.72. The van der Waals surface area contributed by atoms with Crippen molar-refractivity contribution in [3.8, 4) is 0 Å². The summed E-state index contributed by atoms with van der Waals surface area (Å²) in [5.41, 5.74) is 0.312. The highest BCUT2D eigenvalue weighted by atomic mass is 32.2. The van der Waals surface area contributed by atoms with Crippen molar-refractivity contribution in [3.63, 3.8) is 0 Å². The summed E-state index contributed by atoms with van der Waals surface area (Å²) in [4.78, 5) is 0. The molecular formula is C12H14F2N4OS. The average Bonchev–Trinajstić information content (AvgIpc) is 2.74. The van der Waals surface area contributed by atoms with Gasteiger partial charge in [0.25, 0.3) is 11.2 Å². The highest BCUT2D eigenvalue weighted by Gasteiger charge is 2.19. The lowest BCUT2D eigenvalue weighted by atomic mass is 10.3. The highest BCUT2D eigenvalue weighted by Crippen LogP contribution is 2.14. The Morgan fingerprint density at radius 2 is 1.95 bits per heavy atom. The van der Waals surface area contributed by atoms with Gasteiger partial charge in [0.05, 0.1) is 0 Å². The van der Waals surface area contributed by atoms with Gasteiger partial charge in [0.1, 0.15) is 0 Å². The first-order valence-corrected chi connectivity index (χ1v) is 7.22. The minimum absolute atomic E-state index is 0.255. The molecular weight excluding hydrogens is 286 g/mol. The van der Waals surface area contributed by atoms with Gasteiger partial charge in [-0.3, -0.25) is 0 Å². The topological polar surface area (TPSA) is 65.8 Å². The van der Waals surface area contributed by atoms with Gasteiger partial charge >= 0.3 is 0 Å². The number of unbranched alkanes of at least 4 members (excludes halogenated alkanes) is 1. The van der Waals surface area contributed by atoms with E-state index < -0.39 is 22.8 Å². The van der Waals surface area contributed by atoms with Crippen molar-refractivity contribution in [2.24, 2.45) is 8.80 Å². The molecule has 0 saturated heterocycles. The van der Waals surface area contributed by atoms with Crippen molar-refractivity contribution in [1.29, 1.82) is 0 Å². The monoisotopic (exact) mass is 300 g/mol. The molecule has 1 heterocycles. The largest absolute Gasteiger partial charge is 0.366 e. The lowest BCUT2D eigenvalue weighted by Gasteiger charge is -2.09. The van der Waals surface area contributed by atoms with E-state index in [4.69, 9.17) is 0 Å². The summed E-state index contributed by atoms with van der Waals surface area (Å²) in [6.07, 6.45) is 1.94. The van der Waals surface area contributed by atoms with Crippen LogP contribution in [0.4, 0.5) is 14.5 Å². The SMILES string of the molecule is CCCCNC1=NS(=O)N=C1Nc1ccc(F)c(F)c1. The van der Waals surface area contributed by atoms with E-state index in [0.29, 0.717) is 18.1 Å². The van der Waals surface area contributed by atoms with Gasteiger partial charge in [0.2, 0.25) is 0 Å². The molecule has 8 heteroatoms. The van der Waals surface area contributed by atoms with Crippen LogP contribution in [-0.4, -0.2) is 22.4 Å². The first kappa shape index (κ1) is 14.6. The van der Waals surface area contributed by atoms with Crippen LogP contribution in [0.2, 0.25) is 0 Å². The van der Waals surface area contributed by atoms with Gasteiger partial charge < -0.3 is 10.6 Å². The molecule has 1 aromatic carbocycles. The smallest absolute Gasteiger partial charge is 0.269 e. The molecule has 1 unspecified atom stereocenters. The number of anilines is 1. The Labute approximate surface area is 117 Å². The molecule has 0 bridgehead atoms. The molecule has 0 fully saturated rings. The van der Waals surface area contributed by atoms with E-state index in [0.717, 1.165) is 25.0 Å². The second kappa shape index (κ2) is 6.56. The molecule has 1 aromatic rings. The molecule has 0 spiro atoms. The van der Waals surface area contributed by atoms with Crippen LogP contribution >= 0.6 is 0 Å². The van der Waals surface area contributed by atoms with Gasteiger partial charge in [-0.15, -0.1) is 8.80 Å². The Balaban J connectivity index is 2.07. The van der Waals surface area contributed by atoms with E-state index in [1.807, 2.05) is 6.92 Å². The highest BCUT2D eigenvalue weighted by molar-refractivity contribution is 7.83. The maximum absolute atomic E-state index is 13.1. The van der Waals surface area contributed by atoms with Crippen molar-refractivity contribution in [1.82, 2.24) is 5.32 Å². The zero-order valence-electron chi connectivity index (χ0n) is 10.8. The zero-order chi connectivity index (χ0) is 14.5. The van der Waals surface area contributed by atoms with Crippen LogP contribution < -0.4 is 10.6 Å². The fourth-order valence-corrected chi connectivity index (χ4v) is 2.19. The second-order valence-corrected chi connectivity index (χ2v) is 4.97. The molecule has 5 nitrogen and oxygen atoms in total. The van der Waals surface area contributed by atoms with E-state index in [2.05, 4.69) is 19.4 Å². The molecule has 0 saturated carbocycles. The Kier molecular flexibility index (Phi) is 4.78. The lowest BCUT2D eigenvalue weighted by Crippen LogP contribution is -2.34. The molecule has 108 valence electrons. The number of halogens is 2. The summed E-state index contributed by atoms with van der Waals surface area (Å²) in [7, 11) is 0. The van der Waals surface area contributed by atoms with Gasteiger partial charge in [-0.05, 0) is 18.6 Å². The molecule has 1 atom stereocenters. The molecule has 0 aliphatic carbocycles. The summed E-state index contributed by atoms with van der Waals surface area (Å²) in [6, 6.07) is 3.38. The predicted octanol–water partition coefficient (Wildman–Crippen LogP) is 2.16. The van der Waals surface area contributed by atoms with Gasteiger partial charge in [-0.25, -0.2) is 13.0 Å². The first-order chi connectivity index (χ1) is 9.60. The number of nitrogens with zero attached hydrogens (tertiary/aromatic N) is 2. The molecule has 2 N–H and O–H groups in total. The van der Waals surface area contributed by atoms with E-state index in [-0.39, 0.29) is 5.84 Å². The molecule has 0 amide bonds. The minimum atomic E-state index is -1.69. The van der Waals surface area contributed by atoms with Gasteiger partial charge in [0, 0.05) is 18.3 Å². The fourth-order valence-electron chi connectivity index (χ4n) is 1.56. The van der Waals surface area contributed by atoms with Crippen molar-refractivity contribution >= 4 is 28.5 Å². The minimum Gasteiger partial charge on any atom is -0.366 e. The van der Waals surface area contributed by atoms with E-state index in [1.54, 1.807) is 0 Å². The van der Waals surface area contributed by atoms with E-state index in [1.165, 1.54) is 6.07 Å². The van der Waals surface area contributed by atoms with Crippen molar-refractivity contribution in [2.75, 3.05) is 11.9 Å². The Morgan fingerprint density at radius 3 is 2.65 bits per heavy atom. The average molecular weight is 300 g/mol. The predicted molar refractivity (Wildman–Crippen MR) is 75.9 cm³/mol. The quantitative estimate of drug-likeness (QED) is 0.837. The molecule has 2 rings (SSSR count). The van der Waals surface area contributed by atoms with Crippen LogP contribution in [-0.2, 0) is 11.2 Å². The number of rotatable bonds is 4. The maximum atomic E-state index is 13.1. The van der Waals surface area contributed by atoms with Crippen LogP contribution in [0.25, 0.3) is 0 Å². The third-order valence-corrected chi connectivity index (χ3v) is 3.25. The normalized spacial score (nSPS) is 17.6. The first-order valence-electron chi connectivity index (χ1n) is 6.16. The number of benzene rings is 1. The fraction of sp³-hybridized carbons (Fsp3) is 0.333. The van der Waals surface area contributed by atoms with Crippen LogP contribution in [0.5, 0.6) is 0 Å². The third kappa shape index (κ3) is 3.60. The number of hydrogen-bond donors (Lipinski definition) is 2. The van der Waals surface area contributed by atoms with Crippen molar-refractivity contribution < 1.29 is 13.0 Å². The number of nitrogens with one attached hydrogen (secondary N) is 2. The Hall–Kier alpha value is -1.83. The summed E-state index contributed by atoms with van der Waals surface area (Å²) < 4.78 is 44.9. The van der Waals surface area contributed by atoms with E-state index >= 15 is 0 Å². The zero-order valence-corrected chi connectivity index (χ0v) is 11.6. The van der Waals surface area contributed by atoms with Crippen LogP contribution in [0.1, 0.15) is 19.8 Å². The Morgan fingerprint density at radius 1 is 1.20 bits per heavy atom. The van der Waals surface area contributed by atoms with Crippen LogP contribution in [0.15, 0.2) is 27.0 Å². The molecule has 1 aliphatic rings. The molecule has 0 radical (unpaired) electrons. The van der Waals surface area contributed by atoms with Gasteiger partial charge in [-0.2, -0.15) is 0 Å². The standard InChI is InChI=1S/C12H14F2N4OS/c1-2-3-6-15-11-12(18-20(19)17-11)16-8-4-5-9(13)10(14)7-8/h4-5,7H,2-3,6H2,1H3,(H,15,17)(H,16,18). The summed E-state index contributed by atoms with van der Waals surface area (Å²) >= 11 is -1.69. The van der Waals surface area contributed by atoms with Gasteiger partial charge in [0.15, 0.2) is 23.3 Å². The number of amidine groups is 2. The van der Waals surface area contributed by atoms with Crippen molar-refractivity contribution in [3.05, 3.63) is 29.8 Å². The number of hydrogen-bond acceptors (Lipinski definition) is 3. The van der Waals surface area contributed by atoms with Crippen molar-refractivity contribution in [2.45, 2.75) is 19.8 Å². The second-order valence-electron chi connectivity index (χ2n) is 4.14. The Bertz CT molecular complexity index is 589. The maximum Gasteiger partial charge on any atom is 0.269 e. The van der Waals surface area contributed by atoms with Crippen LogP contribution in [0.3, 0.4) is 0 Å². The molecule has 0 aromatic heterocycles. The molecule has 1 aliphatic heterocycles. The third-order valence-electron chi connectivity index (χ3n) is 2.57.